The second kappa shape index (κ2) is 5.61. The summed E-state index contributed by atoms with van der Waals surface area (Å²) in [5.74, 6) is -1.15. The molecule has 0 saturated carbocycles. The predicted octanol–water partition coefficient (Wildman–Crippen LogP) is 0.210. The lowest BCUT2D eigenvalue weighted by Gasteiger charge is -2.24. The van der Waals surface area contributed by atoms with Crippen LogP contribution in [-0.4, -0.2) is 37.5 Å². The Hall–Kier alpha value is -1.92. The van der Waals surface area contributed by atoms with Gasteiger partial charge in [0.25, 0.3) is 0 Å². The Labute approximate surface area is 105 Å². The average Bonchev–Trinajstić information content (AvgIpc) is 2.63. The zero-order valence-electron chi connectivity index (χ0n) is 10.8. The molecule has 1 aromatic rings. The van der Waals surface area contributed by atoms with Crippen molar-refractivity contribution in [3.05, 3.63) is 11.9 Å². The molecule has 100 valence electrons. The Morgan fingerprint density at radius 3 is 2.72 bits per heavy atom. The van der Waals surface area contributed by atoms with Crippen LogP contribution in [0.5, 0.6) is 0 Å². The molecule has 0 radical (unpaired) electrons. The summed E-state index contributed by atoms with van der Waals surface area (Å²) in [6, 6.07) is 0. The van der Waals surface area contributed by atoms with E-state index in [4.69, 9.17) is 5.11 Å². The molecule has 7 heteroatoms. The van der Waals surface area contributed by atoms with Gasteiger partial charge >= 0.3 is 5.97 Å². The number of aliphatic carboxylic acids is 1. The lowest BCUT2D eigenvalue weighted by Crippen LogP contribution is -2.44. The first-order valence-corrected chi connectivity index (χ1v) is 5.74. The SMILES string of the molecule is CCC(C)(C)NC(=O)Cn1cc(CC(=O)O)nn1. The van der Waals surface area contributed by atoms with Crippen LogP contribution in [-0.2, 0) is 22.6 Å². The molecule has 0 saturated heterocycles. The standard InChI is InChI=1S/C11H18N4O3/c1-4-11(2,3)12-9(16)7-15-6-8(13-14-15)5-10(17)18/h6H,4-5,7H2,1-3H3,(H,12,16)(H,17,18). The van der Waals surface area contributed by atoms with Crippen LogP contribution in [0.3, 0.4) is 0 Å². The quantitative estimate of drug-likeness (QED) is 0.756. The van der Waals surface area contributed by atoms with E-state index in [-0.39, 0.29) is 24.4 Å². The lowest BCUT2D eigenvalue weighted by atomic mass is 10.0. The van der Waals surface area contributed by atoms with Crippen molar-refractivity contribution in [1.29, 1.82) is 0 Å². The second-order valence-electron chi connectivity index (χ2n) is 4.76. The first kappa shape index (κ1) is 14.1. The first-order chi connectivity index (χ1) is 8.32. The summed E-state index contributed by atoms with van der Waals surface area (Å²) in [5.41, 5.74) is 0.0757. The summed E-state index contributed by atoms with van der Waals surface area (Å²) in [7, 11) is 0. The third kappa shape index (κ3) is 4.52. The fraction of sp³-hybridized carbons (Fsp3) is 0.636. The van der Waals surface area contributed by atoms with E-state index < -0.39 is 5.97 Å². The molecule has 2 N–H and O–H groups in total. The van der Waals surface area contributed by atoms with Crippen molar-refractivity contribution in [2.24, 2.45) is 0 Å². The number of carboxylic acids is 1. The van der Waals surface area contributed by atoms with Crippen LogP contribution in [0.4, 0.5) is 0 Å². The van der Waals surface area contributed by atoms with Crippen LogP contribution >= 0.6 is 0 Å². The van der Waals surface area contributed by atoms with Crippen LogP contribution in [0.25, 0.3) is 0 Å². The summed E-state index contributed by atoms with van der Waals surface area (Å²) in [5, 5.41) is 18.8. The number of amides is 1. The van der Waals surface area contributed by atoms with Gasteiger partial charge in [0.1, 0.15) is 6.54 Å². The second-order valence-corrected chi connectivity index (χ2v) is 4.76. The predicted molar refractivity (Wildman–Crippen MR) is 63.9 cm³/mol. The zero-order valence-corrected chi connectivity index (χ0v) is 10.8. The highest BCUT2D eigenvalue weighted by molar-refractivity contribution is 5.76. The minimum Gasteiger partial charge on any atom is -0.481 e. The molecule has 1 rings (SSSR count). The number of carbonyl (C=O) groups excluding carboxylic acids is 1. The summed E-state index contributed by atoms with van der Waals surface area (Å²) in [6.07, 6.45) is 2.09. The van der Waals surface area contributed by atoms with Crippen molar-refractivity contribution in [3.63, 3.8) is 0 Å². The molecule has 18 heavy (non-hydrogen) atoms. The van der Waals surface area contributed by atoms with E-state index in [9.17, 15) is 9.59 Å². The molecule has 1 heterocycles. The number of carboxylic acid groups (broad SMARTS) is 1. The minimum absolute atomic E-state index is 0.0377. The Morgan fingerprint density at radius 1 is 1.50 bits per heavy atom. The molecule has 0 aromatic carbocycles. The van der Waals surface area contributed by atoms with E-state index in [0.717, 1.165) is 6.42 Å². The Balaban J connectivity index is 2.55. The van der Waals surface area contributed by atoms with Gasteiger partial charge in [-0.05, 0) is 20.3 Å². The van der Waals surface area contributed by atoms with Gasteiger partial charge in [0.2, 0.25) is 5.91 Å². The molecule has 0 atom stereocenters. The highest BCUT2D eigenvalue weighted by atomic mass is 16.4. The fourth-order valence-corrected chi connectivity index (χ4v) is 1.30. The zero-order chi connectivity index (χ0) is 13.8. The topological polar surface area (TPSA) is 97.1 Å². The normalized spacial score (nSPS) is 11.3. The maximum Gasteiger partial charge on any atom is 0.309 e. The van der Waals surface area contributed by atoms with Crippen LogP contribution in [0.15, 0.2) is 6.20 Å². The largest absolute Gasteiger partial charge is 0.481 e. The van der Waals surface area contributed by atoms with Gasteiger partial charge in [-0.15, -0.1) is 5.10 Å². The smallest absolute Gasteiger partial charge is 0.309 e. The van der Waals surface area contributed by atoms with Crippen LogP contribution in [0.2, 0.25) is 0 Å². The van der Waals surface area contributed by atoms with E-state index in [1.54, 1.807) is 0 Å². The van der Waals surface area contributed by atoms with E-state index in [1.165, 1.54) is 10.9 Å². The highest BCUT2D eigenvalue weighted by Crippen LogP contribution is 2.06. The number of hydrogen-bond acceptors (Lipinski definition) is 4. The average molecular weight is 254 g/mol. The van der Waals surface area contributed by atoms with Gasteiger partial charge in [0.05, 0.1) is 12.1 Å². The van der Waals surface area contributed by atoms with Crippen molar-refractivity contribution in [2.75, 3.05) is 0 Å². The molecule has 0 aliphatic heterocycles. The van der Waals surface area contributed by atoms with E-state index >= 15 is 0 Å². The number of rotatable bonds is 6. The fourth-order valence-electron chi connectivity index (χ4n) is 1.30. The first-order valence-electron chi connectivity index (χ1n) is 5.74. The van der Waals surface area contributed by atoms with Gasteiger partial charge in [-0.25, -0.2) is 4.68 Å². The number of carbonyl (C=O) groups is 2. The lowest BCUT2D eigenvalue weighted by molar-refractivity contribution is -0.136. The summed E-state index contributed by atoms with van der Waals surface area (Å²) < 4.78 is 1.33. The molecule has 0 aliphatic rings. The highest BCUT2D eigenvalue weighted by Gasteiger charge is 2.18. The third-order valence-corrected chi connectivity index (χ3v) is 2.59. The molecular formula is C11H18N4O3. The third-order valence-electron chi connectivity index (χ3n) is 2.59. The van der Waals surface area contributed by atoms with Crippen molar-refractivity contribution >= 4 is 11.9 Å². The molecule has 0 fully saturated rings. The van der Waals surface area contributed by atoms with Crippen molar-refractivity contribution < 1.29 is 14.7 Å². The minimum atomic E-state index is -0.974. The number of aromatic nitrogens is 3. The summed E-state index contributed by atoms with van der Waals surface area (Å²) >= 11 is 0. The van der Waals surface area contributed by atoms with Gasteiger partial charge in [-0.2, -0.15) is 0 Å². The van der Waals surface area contributed by atoms with Crippen molar-refractivity contribution in [1.82, 2.24) is 20.3 Å². The number of nitrogens with zero attached hydrogens (tertiary/aromatic N) is 3. The Bertz CT molecular complexity index is 439. The van der Waals surface area contributed by atoms with Gasteiger partial charge in [-0.1, -0.05) is 12.1 Å². The monoisotopic (exact) mass is 254 g/mol. The molecule has 0 aliphatic carbocycles. The van der Waals surface area contributed by atoms with Gasteiger partial charge in [0, 0.05) is 11.7 Å². The Kier molecular flexibility index (Phi) is 4.41. The van der Waals surface area contributed by atoms with E-state index in [2.05, 4.69) is 15.6 Å². The van der Waals surface area contributed by atoms with E-state index in [1.807, 2.05) is 20.8 Å². The molecule has 0 bridgehead atoms. The maximum atomic E-state index is 11.7. The van der Waals surface area contributed by atoms with Gasteiger partial charge < -0.3 is 10.4 Å². The molecule has 1 amide bonds. The van der Waals surface area contributed by atoms with Crippen molar-refractivity contribution in [2.45, 2.75) is 45.7 Å². The molecule has 0 unspecified atom stereocenters. The molecule has 0 spiro atoms. The van der Waals surface area contributed by atoms with Crippen LogP contribution < -0.4 is 5.32 Å². The number of nitrogens with one attached hydrogen (secondary N) is 1. The molecular weight excluding hydrogens is 236 g/mol. The van der Waals surface area contributed by atoms with Crippen LogP contribution in [0, 0.1) is 0 Å². The maximum absolute atomic E-state index is 11.7. The molecule has 7 nitrogen and oxygen atoms in total. The molecule has 1 aromatic heterocycles. The van der Waals surface area contributed by atoms with E-state index in [0.29, 0.717) is 5.69 Å². The summed E-state index contributed by atoms with van der Waals surface area (Å²) in [4.78, 5) is 22.2. The van der Waals surface area contributed by atoms with Gasteiger partial charge in [-0.3, -0.25) is 9.59 Å². The van der Waals surface area contributed by atoms with Crippen LogP contribution in [0.1, 0.15) is 32.9 Å². The van der Waals surface area contributed by atoms with Crippen molar-refractivity contribution in [3.8, 4) is 0 Å². The number of hydrogen-bond donors (Lipinski definition) is 2. The van der Waals surface area contributed by atoms with Gasteiger partial charge in [0.15, 0.2) is 0 Å². The summed E-state index contributed by atoms with van der Waals surface area (Å²) in [6.45, 7) is 5.89. The Morgan fingerprint density at radius 2 is 2.17 bits per heavy atom.